The lowest BCUT2D eigenvalue weighted by atomic mass is 9.70. The summed E-state index contributed by atoms with van der Waals surface area (Å²) in [6.45, 7) is 5.83. The van der Waals surface area contributed by atoms with Crippen molar-refractivity contribution < 1.29 is 14.3 Å². The number of benzene rings is 2. The number of nitrogens with two attached hydrogens (primary N) is 1. The van der Waals surface area contributed by atoms with Crippen LogP contribution < -0.4 is 21.8 Å². The Hall–Kier alpha value is -3.39. The van der Waals surface area contributed by atoms with Gasteiger partial charge in [-0.25, -0.2) is 9.18 Å². The minimum Gasteiger partial charge on any atom is -0.477 e. The largest absolute Gasteiger partial charge is 0.477 e. The number of hydrogen-bond donors (Lipinski definition) is 4. The highest BCUT2D eigenvalue weighted by Crippen LogP contribution is 2.45. The van der Waals surface area contributed by atoms with Crippen LogP contribution in [-0.4, -0.2) is 33.3 Å². The normalized spacial score (nSPS) is 25.1. The molecule has 0 radical (unpaired) electrons. The van der Waals surface area contributed by atoms with Gasteiger partial charge in [0.25, 0.3) is 0 Å². The molecule has 3 aromatic rings. The molecule has 2 saturated carbocycles. The number of pyridine rings is 1. The van der Waals surface area contributed by atoms with Crippen molar-refractivity contribution in [3.8, 4) is 0 Å². The fourth-order valence-electron chi connectivity index (χ4n) is 5.70. The van der Waals surface area contributed by atoms with E-state index in [-0.39, 0.29) is 28.3 Å². The average Bonchev–Trinajstić information content (AvgIpc) is 3.60. The molecule has 8 heteroatoms. The van der Waals surface area contributed by atoms with E-state index in [0.29, 0.717) is 23.5 Å². The van der Waals surface area contributed by atoms with Gasteiger partial charge in [0.15, 0.2) is 5.82 Å². The lowest BCUT2D eigenvalue weighted by molar-refractivity contribution is 0.0694. The molecule has 2 aliphatic carbocycles. The number of aromatic carboxylic acids is 1. The monoisotopic (exact) mass is 492 g/mol. The Morgan fingerprint density at radius 2 is 1.97 bits per heavy atom. The number of aromatic nitrogens is 1. The molecule has 190 valence electrons. The highest BCUT2D eigenvalue weighted by molar-refractivity contribution is 5.99. The molecule has 1 aromatic heterocycles. The zero-order chi connectivity index (χ0) is 25.8. The van der Waals surface area contributed by atoms with Gasteiger partial charge in [0.05, 0.1) is 22.3 Å². The first-order chi connectivity index (χ1) is 17.1. The Kier molecular flexibility index (Phi) is 6.03. The molecule has 2 fully saturated rings. The number of anilines is 2. The summed E-state index contributed by atoms with van der Waals surface area (Å²) in [4.78, 5) is 24.5. The Morgan fingerprint density at radius 1 is 1.28 bits per heavy atom. The minimum atomic E-state index is -1.36. The maximum atomic E-state index is 15.5. The summed E-state index contributed by atoms with van der Waals surface area (Å²) in [5.74, 6) is -1.52. The second-order valence-corrected chi connectivity index (χ2v) is 10.6. The van der Waals surface area contributed by atoms with Crippen molar-refractivity contribution in [1.82, 2.24) is 9.88 Å². The van der Waals surface area contributed by atoms with Gasteiger partial charge in [0.1, 0.15) is 5.56 Å². The van der Waals surface area contributed by atoms with Gasteiger partial charge in [0, 0.05) is 35.8 Å². The maximum absolute atomic E-state index is 15.5. The molecule has 36 heavy (non-hydrogen) atoms. The molecule has 5 rings (SSSR count). The number of carboxylic acids is 1. The number of halogens is 1. The van der Waals surface area contributed by atoms with Crippen LogP contribution in [0.15, 0.2) is 47.4 Å². The Labute approximate surface area is 209 Å². The van der Waals surface area contributed by atoms with E-state index in [4.69, 9.17) is 5.73 Å². The number of fused-ring (bicyclic) bond motifs is 1. The van der Waals surface area contributed by atoms with E-state index >= 15 is 4.39 Å². The Morgan fingerprint density at radius 3 is 2.58 bits per heavy atom. The van der Waals surface area contributed by atoms with Gasteiger partial charge >= 0.3 is 5.97 Å². The predicted octanol–water partition coefficient (Wildman–Crippen LogP) is 4.87. The van der Waals surface area contributed by atoms with Crippen LogP contribution in [0.1, 0.15) is 74.3 Å². The molecule has 0 aliphatic heterocycles. The summed E-state index contributed by atoms with van der Waals surface area (Å²) in [6.07, 6.45) is 4.97. The smallest absolute Gasteiger partial charge is 0.341 e. The lowest BCUT2D eigenvalue weighted by Crippen LogP contribution is -2.58. The van der Waals surface area contributed by atoms with Crippen LogP contribution in [0.25, 0.3) is 10.9 Å². The van der Waals surface area contributed by atoms with E-state index in [1.54, 1.807) is 10.6 Å². The van der Waals surface area contributed by atoms with Crippen molar-refractivity contribution in [2.24, 2.45) is 0 Å². The Balaban J connectivity index is 1.38. The number of nitrogen functional groups attached to an aromatic ring is 1. The average molecular weight is 493 g/mol. The van der Waals surface area contributed by atoms with Gasteiger partial charge in [-0.15, -0.1) is 0 Å². The molecule has 0 unspecified atom stereocenters. The molecule has 0 spiro atoms. The third kappa shape index (κ3) is 4.13. The maximum Gasteiger partial charge on any atom is 0.341 e. The molecule has 2 atom stereocenters. The zero-order valence-electron chi connectivity index (χ0n) is 20.8. The summed E-state index contributed by atoms with van der Waals surface area (Å²) in [7, 11) is 0. The zero-order valence-corrected chi connectivity index (χ0v) is 20.8. The van der Waals surface area contributed by atoms with Gasteiger partial charge in [0.2, 0.25) is 5.43 Å². The molecule has 7 nitrogen and oxygen atoms in total. The standard InChI is InChI=1S/C28H33FN4O3/c1-4-28(12-17(13-28)31-20-10-18(20)16-8-6-5-7-9-16)32-21-11-22-23(25(30)24(21)29)26(34)19(27(35)36)14-33(22)15(2)3/h5-9,11,14-15,17-18,20,31-32H,4,10,12-13,30H2,1-3H3,(H,35,36)/t17-,18-,20+,28-/m0/s1. The molecule has 5 N–H and O–H groups in total. The first kappa shape index (κ1) is 24.3. The summed E-state index contributed by atoms with van der Waals surface area (Å²) < 4.78 is 17.1. The van der Waals surface area contributed by atoms with Crippen LogP contribution in [0.3, 0.4) is 0 Å². The number of nitrogens with one attached hydrogen (secondary N) is 2. The van der Waals surface area contributed by atoms with E-state index in [1.807, 2.05) is 19.9 Å². The van der Waals surface area contributed by atoms with Crippen molar-refractivity contribution in [3.63, 3.8) is 0 Å². The van der Waals surface area contributed by atoms with Gasteiger partial charge < -0.3 is 26.0 Å². The van der Waals surface area contributed by atoms with E-state index in [0.717, 1.165) is 25.7 Å². The van der Waals surface area contributed by atoms with Crippen molar-refractivity contribution in [3.05, 3.63) is 69.8 Å². The van der Waals surface area contributed by atoms with Crippen LogP contribution in [0.2, 0.25) is 0 Å². The summed E-state index contributed by atoms with van der Waals surface area (Å²) in [5.41, 5.74) is 6.36. The van der Waals surface area contributed by atoms with Crippen molar-refractivity contribution in [2.45, 2.75) is 76.0 Å². The molecule has 0 saturated heterocycles. The third-order valence-electron chi connectivity index (χ3n) is 7.90. The second kappa shape index (κ2) is 8.92. The molecule has 2 aromatic carbocycles. The summed E-state index contributed by atoms with van der Waals surface area (Å²) in [6, 6.07) is 12.8. The number of carbonyl (C=O) groups is 1. The van der Waals surface area contributed by atoms with Gasteiger partial charge in [-0.05, 0) is 51.2 Å². The summed E-state index contributed by atoms with van der Waals surface area (Å²) in [5, 5.41) is 16.5. The molecule has 0 amide bonds. The summed E-state index contributed by atoms with van der Waals surface area (Å²) >= 11 is 0. The van der Waals surface area contributed by atoms with Crippen molar-refractivity contribution in [2.75, 3.05) is 11.1 Å². The van der Waals surface area contributed by atoms with Gasteiger partial charge in [-0.2, -0.15) is 0 Å². The highest BCUT2D eigenvalue weighted by Gasteiger charge is 2.47. The first-order valence-electron chi connectivity index (χ1n) is 12.6. The number of rotatable bonds is 8. The first-order valence-corrected chi connectivity index (χ1v) is 12.6. The molecule has 1 heterocycles. The third-order valence-corrected chi connectivity index (χ3v) is 7.90. The van der Waals surface area contributed by atoms with E-state index in [9.17, 15) is 14.7 Å². The van der Waals surface area contributed by atoms with E-state index < -0.39 is 22.8 Å². The van der Waals surface area contributed by atoms with Crippen LogP contribution in [0.5, 0.6) is 0 Å². The molecule has 0 bridgehead atoms. The topological polar surface area (TPSA) is 109 Å². The van der Waals surface area contributed by atoms with Gasteiger partial charge in [-0.1, -0.05) is 37.3 Å². The molecular formula is C28H33FN4O3. The van der Waals surface area contributed by atoms with Crippen LogP contribution in [-0.2, 0) is 0 Å². The number of nitrogens with zero attached hydrogens (tertiary/aromatic N) is 1. The fraction of sp³-hybridized carbons (Fsp3) is 0.429. The van der Waals surface area contributed by atoms with Gasteiger partial charge in [-0.3, -0.25) is 4.79 Å². The fourth-order valence-corrected chi connectivity index (χ4v) is 5.70. The van der Waals surface area contributed by atoms with Crippen LogP contribution in [0, 0.1) is 5.82 Å². The quantitative estimate of drug-likeness (QED) is 0.334. The number of hydrogen-bond acceptors (Lipinski definition) is 5. The van der Waals surface area contributed by atoms with Crippen molar-refractivity contribution in [1.29, 1.82) is 0 Å². The molecule has 2 aliphatic rings. The molecular weight excluding hydrogens is 459 g/mol. The highest BCUT2D eigenvalue weighted by atomic mass is 19.1. The van der Waals surface area contributed by atoms with Crippen LogP contribution >= 0.6 is 0 Å². The number of carboxylic acid groups (broad SMARTS) is 1. The minimum absolute atomic E-state index is 0.0916. The predicted molar refractivity (Wildman–Crippen MR) is 140 cm³/mol. The van der Waals surface area contributed by atoms with E-state index in [1.165, 1.54) is 11.8 Å². The van der Waals surface area contributed by atoms with Crippen molar-refractivity contribution >= 4 is 28.2 Å². The van der Waals surface area contributed by atoms with Crippen LogP contribution in [0.4, 0.5) is 15.8 Å². The Bertz CT molecular complexity index is 1380. The SMILES string of the molecule is CC[C@]1(Nc2cc3c(c(N)c2F)c(=O)c(C(=O)O)cn3C(C)C)C[C@H](N[C@@H]2C[C@H]2c2ccccc2)C1. The lowest BCUT2D eigenvalue weighted by Gasteiger charge is -2.49. The second-order valence-electron chi connectivity index (χ2n) is 10.6. The van der Waals surface area contributed by atoms with E-state index in [2.05, 4.69) is 41.8 Å².